The van der Waals surface area contributed by atoms with Crippen molar-refractivity contribution in [3.05, 3.63) is 91.8 Å². The molecule has 1 amide bonds. The number of rotatable bonds is 8. The number of nitrogens with one attached hydrogen (secondary N) is 1. The summed E-state index contributed by atoms with van der Waals surface area (Å²) in [4.78, 5) is 31.4. The molecule has 2 aromatic heterocycles. The number of hydrogen-bond donors (Lipinski definition) is 2. The quantitative estimate of drug-likeness (QED) is 0.158. The Morgan fingerprint density at radius 3 is 1.70 bits per heavy atom. The number of β-amino-alcohol motifs (C(OH)–C–C–N with tert-alkyl or cyclic N) is 1. The van der Waals surface area contributed by atoms with Crippen LogP contribution in [0.3, 0.4) is 0 Å². The summed E-state index contributed by atoms with van der Waals surface area (Å²) >= 11 is 19.5. The van der Waals surface area contributed by atoms with E-state index in [0.29, 0.717) is 62.4 Å². The zero-order valence-corrected chi connectivity index (χ0v) is 37.1. The van der Waals surface area contributed by atoms with Crippen LogP contribution in [0.5, 0.6) is 0 Å². The molecule has 1 atom stereocenters. The Morgan fingerprint density at radius 1 is 0.684 bits per heavy atom. The van der Waals surface area contributed by atoms with Crippen LogP contribution in [0.4, 0.5) is 4.79 Å². The Labute approximate surface area is 359 Å². The standard InChI is InChI=1S/C24H27Br2N3O3.C19H21Cl2N3O/c1-24(2,3)32-23(31)28-10-8-27(9-11-28)14-18(30)15-29-21-6-4-16(25)12-19(21)20-13-17(26)5-7-22(20)29;20-13-1-3-18-16(9-13)17-10-14(21)2-4-19(17)24(18)12-15(25)11-23-7-5-22-6-8-23/h4-7,12-13H,8-11,14-15H2,1-3H3;1-4,9-10,15,22,25H,5-8,11-12H2. The van der Waals surface area contributed by atoms with E-state index >= 15 is 0 Å². The Bertz CT molecular complexity index is 2300. The van der Waals surface area contributed by atoms with Crippen molar-refractivity contribution < 1.29 is 19.4 Å². The largest absolute Gasteiger partial charge is 0.444 e. The minimum absolute atomic E-state index is 0.153. The van der Waals surface area contributed by atoms with Crippen molar-refractivity contribution in [2.45, 2.75) is 45.6 Å². The molecule has 4 heterocycles. The Balaban J connectivity index is 0.000000179. The van der Waals surface area contributed by atoms with E-state index in [1.165, 1.54) is 0 Å². The zero-order valence-electron chi connectivity index (χ0n) is 32.4. The van der Waals surface area contributed by atoms with Crippen LogP contribution in [-0.2, 0) is 22.6 Å². The number of hydrogen-bond acceptors (Lipinski definition) is 7. The van der Waals surface area contributed by atoms with Crippen LogP contribution in [0.25, 0.3) is 43.6 Å². The number of piperazine rings is 2. The molecule has 14 heteroatoms. The molecule has 0 bridgehead atoms. The number of aliphatic hydroxyl groups excluding tert-OH is 1. The Morgan fingerprint density at radius 2 is 1.18 bits per heavy atom. The van der Waals surface area contributed by atoms with Gasteiger partial charge in [-0.15, -0.1) is 0 Å². The van der Waals surface area contributed by atoms with E-state index in [2.05, 4.69) is 80.4 Å². The number of nitrogens with zero attached hydrogens (tertiary/aromatic N) is 5. The Hall–Kier alpha value is -3.20. The second-order valence-corrected chi connectivity index (χ2v) is 18.5. The third-order valence-corrected chi connectivity index (χ3v) is 11.9. The highest BCUT2D eigenvalue weighted by molar-refractivity contribution is 9.10. The molecule has 57 heavy (non-hydrogen) atoms. The second kappa shape index (κ2) is 18.0. The van der Waals surface area contributed by atoms with Gasteiger partial charge < -0.3 is 29.2 Å². The first kappa shape index (κ1) is 41.9. The van der Waals surface area contributed by atoms with Gasteiger partial charge in [0.15, 0.2) is 5.78 Å². The van der Waals surface area contributed by atoms with Gasteiger partial charge in [-0.25, -0.2) is 4.79 Å². The van der Waals surface area contributed by atoms with E-state index < -0.39 is 11.7 Å². The first-order chi connectivity index (χ1) is 27.2. The summed E-state index contributed by atoms with van der Waals surface area (Å²) in [5, 5.41) is 19.8. The summed E-state index contributed by atoms with van der Waals surface area (Å²) in [5.74, 6) is 0.153. The molecule has 6 aromatic rings. The van der Waals surface area contributed by atoms with Crippen LogP contribution in [0, 0.1) is 0 Å². The van der Waals surface area contributed by atoms with Gasteiger partial charge in [0.05, 0.1) is 25.7 Å². The van der Waals surface area contributed by atoms with Crippen LogP contribution in [0.1, 0.15) is 20.8 Å². The van der Waals surface area contributed by atoms with Gasteiger partial charge in [-0.05, 0) is 93.6 Å². The molecule has 8 rings (SSSR count). The average molecular weight is 944 g/mol. The maximum absolute atomic E-state index is 13.0. The van der Waals surface area contributed by atoms with E-state index in [4.69, 9.17) is 27.9 Å². The molecule has 302 valence electrons. The van der Waals surface area contributed by atoms with Gasteiger partial charge in [0.2, 0.25) is 0 Å². The number of aliphatic hydroxyl groups is 1. The van der Waals surface area contributed by atoms with Gasteiger partial charge in [-0.3, -0.25) is 14.6 Å². The molecule has 2 aliphatic heterocycles. The zero-order chi connectivity index (χ0) is 40.4. The lowest BCUT2D eigenvalue weighted by molar-refractivity contribution is -0.121. The fourth-order valence-corrected chi connectivity index (χ4v) is 8.88. The van der Waals surface area contributed by atoms with Crippen molar-refractivity contribution in [2.24, 2.45) is 0 Å². The maximum Gasteiger partial charge on any atom is 0.410 e. The normalized spacial score (nSPS) is 16.3. The minimum Gasteiger partial charge on any atom is -0.444 e. The van der Waals surface area contributed by atoms with Crippen molar-refractivity contribution in [3.8, 4) is 0 Å². The molecule has 1 unspecified atom stereocenters. The molecule has 2 N–H and O–H groups in total. The maximum atomic E-state index is 13.0. The molecule has 0 aliphatic carbocycles. The molecule has 2 aliphatic rings. The van der Waals surface area contributed by atoms with Gasteiger partial charge >= 0.3 is 6.09 Å². The number of carbonyl (C=O) groups is 2. The number of benzene rings is 4. The fraction of sp³-hybridized carbons (Fsp3) is 0.395. The summed E-state index contributed by atoms with van der Waals surface area (Å²) in [6, 6.07) is 24.1. The van der Waals surface area contributed by atoms with Crippen molar-refractivity contribution in [3.63, 3.8) is 0 Å². The summed E-state index contributed by atoms with van der Waals surface area (Å²) in [7, 11) is 0. The summed E-state index contributed by atoms with van der Waals surface area (Å²) in [6.07, 6.45) is -0.714. The van der Waals surface area contributed by atoms with Crippen molar-refractivity contribution in [1.82, 2.24) is 29.2 Å². The number of carbonyl (C=O) groups excluding carboxylic acids is 2. The van der Waals surface area contributed by atoms with Gasteiger partial charge in [0.1, 0.15) is 5.60 Å². The predicted octanol–water partition coefficient (Wildman–Crippen LogP) is 8.81. The predicted molar refractivity (Wildman–Crippen MR) is 239 cm³/mol. The fourth-order valence-electron chi connectivity index (χ4n) is 7.82. The van der Waals surface area contributed by atoms with E-state index in [1.54, 1.807) is 4.90 Å². The minimum atomic E-state index is -0.502. The molecular weight excluding hydrogens is 895 g/mol. The van der Waals surface area contributed by atoms with E-state index in [0.717, 1.165) is 78.7 Å². The Kier molecular flexibility index (Phi) is 13.2. The van der Waals surface area contributed by atoms with Gasteiger partial charge in [0, 0.05) is 122 Å². The number of amides is 1. The van der Waals surface area contributed by atoms with E-state index in [1.807, 2.05) is 69.3 Å². The van der Waals surface area contributed by atoms with Gasteiger partial charge in [-0.1, -0.05) is 55.1 Å². The average Bonchev–Trinajstić information content (AvgIpc) is 3.61. The molecule has 0 radical (unpaired) electrons. The highest BCUT2D eigenvalue weighted by Gasteiger charge is 2.27. The number of ether oxygens (including phenoxy) is 1. The molecule has 0 saturated carbocycles. The summed E-state index contributed by atoms with van der Waals surface area (Å²) < 4.78 is 11.7. The topological polar surface area (TPSA) is 95.2 Å². The van der Waals surface area contributed by atoms with E-state index in [-0.39, 0.29) is 11.9 Å². The van der Waals surface area contributed by atoms with Crippen LogP contribution in [0.15, 0.2) is 81.7 Å². The van der Waals surface area contributed by atoms with Crippen molar-refractivity contribution in [1.29, 1.82) is 0 Å². The lowest BCUT2D eigenvalue weighted by Crippen LogP contribution is -2.51. The lowest BCUT2D eigenvalue weighted by atomic mass is 10.1. The number of aromatic nitrogens is 2. The van der Waals surface area contributed by atoms with Crippen molar-refractivity contribution in [2.75, 3.05) is 65.4 Å². The molecule has 10 nitrogen and oxygen atoms in total. The summed E-state index contributed by atoms with van der Waals surface area (Å²) in [6.45, 7) is 13.9. The highest BCUT2D eigenvalue weighted by Crippen LogP contribution is 2.34. The summed E-state index contributed by atoms with van der Waals surface area (Å²) in [5.41, 5.74) is 3.73. The molecule has 2 fully saturated rings. The first-order valence-corrected chi connectivity index (χ1v) is 21.6. The monoisotopic (exact) mass is 940 g/mol. The number of ketones is 1. The van der Waals surface area contributed by atoms with Gasteiger partial charge in [-0.2, -0.15) is 0 Å². The van der Waals surface area contributed by atoms with Crippen LogP contribution in [0.2, 0.25) is 10.0 Å². The molecule has 4 aromatic carbocycles. The second-order valence-electron chi connectivity index (χ2n) is 15.8. The van der Waals surface area contributed by atoms with E-state index in [9.17, 15) is 14.7 Å². The molecular formula is C43H48Br2Cl2N6O4. The van der Waals surface area contributed by atoms with Crippen LogP contribution in [-0.4, -0.2) is 118 Å². The molecule has 2 saturated heterocycles. The third-order valence-electron chi connectivity index (χ3n) is 10.4. The van der Waals surface area contributed by atoms with Crippen LogP contribution < -0.4 is 5.32 Å². The number of fused-ring (bicyclic) bond motifs is 6. The lowest BCUT2D eigenvalue weighted by Gasteiger charge is -2.35. The SMILES string of the molecule is CC(C)(C)OC(=O)N1CCN(CC(=O)Cn2c3ccc(Br)cc3c3cc(Br)ccc32)CC1.OC(CN1CCNCC1)Cn1c2ccc(Cl)cc2c2cc(Cl)ccc21. The molecule has 0 spiro atoms. The smallest absolute Gasteiger partial charge is 0.410 e. The third kappa shape index (κ3) is 10.2. The van der Waals surface area contributed by atoms with Crippen LogP contribution >= 0.6 is 55.1 Å². The number of Topliss-reactive ketones (excluding diaryl/α,β-unsaturated/α-hetero) is 1. The first-order valence-electron chi connectivity index (χ1n) is 19.3. The van der Waals surface area contributed by atoms with Crippen molar-refractivity contribution >= 4 is 111 Å². The number of halogens is 4. The van der Waals surface area contributed by atoms with Gasteiger partial charge in [0.25, 0.3) is 0 Å². The highest BCUT2D eigenvalue weighted by atomic mass is 79.9.